The van der Waals surface area contributed by atoms with E-state index in [9.17, 15) is 19.8 Å². The molecule has 0 bridgehead atoms. The molecule has 0 fully saturated rings. The Labute approximate surface area is 424 Å². The first kappa shape index (κ1) is 66.3. The molecule has 6 heteroatoms. The number of hydrogen-bond acceptors (Lipinski definition) is 5. The van der Waals surface area contributed by atoms with E-state index in [1.54, 1.807) is 6.08 Å². The summed E-state index contributed by atoms with van der Waals surface area (Å²) in [6.45, 7) is 4.92. The van der Waals surface area contributed by atoms with Crippen molar-refractivity contribution in [1.29, 1.82) is 0 Å². The third kappa shape index (κ3) is 53.7. The van der Waals surface area contributed by atoms with Gasteiger partial charge in [0.05, 0.1) is 25.4 Å². The Morgan fingerprint density at radius 3 is 1.04 bits per heavy atom. The second kappa shape index (κ2) is 57.9. The first-order chi connectivity index (χ1) is 33.5. The number of allylic oxidation sites excluding steroid dienone is 3. The van der Waals surface area contributed by atoms with Crippen molar-refractivity contribution in [1.82, 2.24) is 5.32 Å². The summed E-state index contributed by atoms with van der Waals surface area (Å²) in [6.07, 6.45) is 70.7. The molecular formula is C62H119NO5. The van der Waals surface area contributed by atoms with Gasteiger partial charge in [-0.1, -0.05) is 289 Å². The summed E-state index contributed by atoms with van der Waals surface area (Å²) in [6, 6.07) is -0.630. The molecule has 0 radical (unpaired) electrons. The molecule has 0 aliphatic carbocycles. The summed E-state index contributed by atoms with van der Waals surface area (Å²) in [4.78, 5) is 24.5. The lowest BCUT2D eigenvalue weighted by molar-refractivity contribution is -0.143. The van der Waals surface area contributed by atoms with Crippen LogP contribution < -0.4 is 5.32 Å². The van der Waals surface area contributed by atoms with Gasteiger partial charge in [0.1, 0.15) is 0 Å². The summed E-state index contributed by atoms with van der Waals surface area (Å²) >= 11 is 0. The zero-order valence-corrected chi connectivity index (χ0v) is 45.9. The van der Waals surface area contributed by atoms with Gasteiger partial charge in [-0.15, -0.1) is 0 Å². The highest BCUT2D eigenvalue weighted by Gasteiger charge is 2.18. The van der Waals surface area contributed by atoms with Gasteiger partial charge < -0.3 is 20.3 Å². The van der Waals surface area contributed by atoms with E-state index in [0.29, 0.717) is 19.4 Å². The highest BCUT2D eigenvalue weighted by atomic mass is 16.5. The van der Waals surface area contributed by atoms with Gasteiger partial charge in [-0.05, 0) is 57.8 Å². The largest absolute Gasteiger partial charge is 0.466 e. The van der Waals surface area contributed by atoms with Gasteiger partial charge in [0.25, 0.3) is 0 Å². The highest BCUT2D eigenvalue weighted by molar-refractivity contribution is 5.76. The number of amides is 1. The third-order valence-corrected chi connectivity index (χ3v) is 14.2. The molecule has 0 rings (SSSR count). The molecular weight excluding hydrogens is 839 g/mol. The van der Waals surface area contributed by atoms with Crippen molar-refractivity contribution in [3.05, 3.63) is 24.3 Å². The van der Waals surface area contributed by atoms with Crippen molar-refractivity contribution >= 4 is 11.9 Å². The van der Waals surface area contributed by atoms with Crippen LogP contribution in [0.5, 0.6) is 0 Å². The van der Waals surface area contributed by atoms with E-state index in [1.807, 2.05) is 6.08 Å². The fraction of sp³-hybridized carbons (Fsp3) is 0.903. The van der Waals surface area contributed by atoms with Crippen LogP contribution in [0.1, 0.15) is 335 Å². The fourth-order valence-electron chi connectivity index (χ4n) is 9.51. The summed E-state index contributed by atoms with van der Waals surface area (Å²) in [7, 11) is 0. The standard InChI is InChI=1S/C62H119NO5/c1-3-5-7-9-11-13-15-17-31-34-38-42-46-50-54-60(65)59(58-64)63-61(66)55-51-47-43-39-35-32-28-26-24-22-20-18-19-21-23-25-27-29-33-37-41-45-49-53-57-68-62(67)56-52-48-44-40-36-30-16-14-12-10-8-6-4-2/h20,22,50,54,59-60,64-65H,3-19,21,23-49,51-53,55-58H2,1-2H3,(H,63,66)/b22-20-,54-50+. The molecule has 0 saturated heterocycles. The SMILES string of the molecule is CCCCCCCCCCCCCC/C=C/C(O)C(CO)NC(=O)CCCCCCCCCC/C=C\CCCCCCCCCCCCCCOC(=O)CCCCCCCCCCCCCCC. The number of nitrogens with one attached hydrogen (secondary N) is 1. The third-order valence-electron chi connectivity index (χ3n) is 14.2. The van der Waals surface area contributed by atoms with Gasteiger partial charge in [-0.2, -0.15) is 0 Å². The molecule has 0 saturated carbocycles. The highest BCUT2D eigenvalue weighted by Crippen LogP contribution is 2.17. The topological polar surface area (TPSA) is 95.9 Å². The Balaban J connectivity index is 3.41. The van der Waals surface area contributed by atoms with E-state index in [-0.39, 0.29) is 18.5 Å². The molecule has 68 heavy (non-hydrogen) atoms. The molecule has 0 aromatic carbocycles. The fourth-order valence-corrected chi connectivity index (χ4v) is 9.51. The molecule has 6 nitrogen and oxygen atoms in total. The van der Waals surface area contributed by atoms with Crippen LogP contribution in [0, 0.1) is 0 Å². The number of carbonyl (C=O) groups excluding carboxylic acids is 2. The van der Waals surface area contributed by atoms with Gasteiger partial charge in [0.2, 0.25) is 5.91 Å². The van der Waals surface area contributed by atoms with Crippen molar-refractivity contribution in [2.75, 3.05) is 13.2 Å². The summed E-state index contributed by atoms with van der Waals surface area (Å²) < 4.78 is 5.48. The molecule has 402 valence electrons. The minimum Gasteiger partial charge on any atom is -0.466 e. The normalized spacial score (nSPS) is 12.7. The molecule has 0 aromatic rings. The number of ether oxygens (including phenoxy) is 1. The van der Waals surface area contributed by atoms with Crippen LogP contribution >= 0.6 is 0 Å². The van der Waals surface area contributed by atoms with E-state index in [4.69, 9.17) is 4.74 Å². The number of rotatable bonds is 57. The van der Waals surface area contributed by atoms with Crippen LogP contribution in [0.15, 0.2) is 24.3 Å². The Hall–Kier alpha value is -1.66. The van der Waals surface area contributed by atoms with Crippen LogP contribution in [0.4, 0.5) is 0 Å². The molecule has 1 amide bonds. The van der Waals surface area contributed by atoms with E-state index in [2.05, 4.69) is 31.3 Å². The molecule has 0 aromatic heterocycles. The summed E-state index contributed by atoms with van der Waals surface area (Å²) in [5.41, 5.74) is 0. The number of esters is 1. The van der Waals surface area contributed by atoms with Gasteiger partial charge in [0.15, 0.2) is 0 Å². The van der Waals surface area contributed by atoms with Crippen molar-refractivity contribution in [2.45, 2.75) is 347 Å². The van der Waals surface area contributed by atoms with Crippen LogP contribution in [0.25, 0.3) is 0 Å². The van der Waals surface area contributed by atoms with Gasteiger partial charge in [0, 0.05) is 12.8 Å². The zero-order chi connectivity index (χ0) is 49.3. The van der Waals surface area contributed by atoms with Gasteiger partial charge in [-0.25, -0.2) is 0 Å². The lowest BCUT2D eigenvalue weighted by Gasteiger charge is -2.20. The maximum Gasteiger partial charge on any atom is 0.305 e. The first-order valence-electron chi connectivity index (χ1n) is 30.6. The Bertz CT molecular complexity index is 1060. The van der Waals surface area contributed by atoms with E-state index >= 15 is 0 Å². The Kier molecular flexibility index (Phi) is 56.5. The number of hydrogen-bond donors (Lipinski definition) is 3. The number of carbonyl (C=O) groups is 2. The number of unbranched alkanes of at least 4 members (excludes halogenated alkanes) is 44. The lowest BCUT2D eigenvalue weighted by atomic mass is 10.0. The zero-order valence-electron chi connectivity index (χ0n) is 45.9. The number of aliphatic hydroxyl groups excluding tert-OH is 2. The molecule has 3 N–H and O–H groups in total. The molecule has 0 heterocycles. The maximum absolute atomic E-state index is 12.4. The van der Waals surface area contributed by atoms with Crippen LogP contribution in [0.2, 0.25) is 0 Å². The quantitative estimate of drug-likeness (QED) is 0.0321. The molecule has 0 aliphatic heterocycles. The first-order valence-corrected chi connectivity index (χ1v) is 30.6. The number of aliphatic hydroxyl groups is 2. The monoisotopic (exact) mass is 958 g/mol. The Morgan fingerprint density at radius 2 is 0.691 bits per heavy atom. The smallest absolute Gasteiger partial charge is 0.305 e. The summed E-state index contributed by atoms with van der Waals surface area (Å²) in [5.74, 6) is -0.0576. The predicted molar refractivity (Wildman–Crippen MR) is 296 cm³/mol. The van der Waals surface area contributed by atoms with Gasteiger partial charge >= 0.3 is 5.97 Å². The average molecular weight is 959 g/mol. The summed E-state index contributed by atoms with van der Waals surface area (Å²) in [5, 5.41) is 23.1. The second-order valence-corrected chi connectivity index (χ2v) is 21.0. The maximum atomic E-state index is 12.4. The minimum absolute atomic E-state index is 0.0137. The lowest BCUT2D eigenvalue weighted by Crippen LogP contribution is -2.45. The van der Waals surface area contributed by atoms with Crippen molar-refractivity contribution < 1.29 is 24.5 Å². The molecule has 0 spiro atoms. The van der Waals surface area contributed by atoms with E-state index in [1.165, 1.54) is 270 Å². The van der Waals surface area contributed by atoms with Crippen LogP contribution in [-0.2, 0) is 14.3 Å². The van der Waals surface area contributed by atoms with Gasteiger partial charge in [-0.3, -0.25) is 9.59 Å². The second-order valence-electron chi connectivity index (χ2n) is 21.0. The van der Waals surface area contributed by atoms with Crippen molar-refractivity contribution in [2.24, 2.45) is 0 Å². The van der Waals surface area contributed by atoms with E-state index in [0.717, 1.165) is 38.5 Å². The average Bonchev–Trinajstić information content (AvgIpc) is 3.34. The predicted octanol–water partition coefficient (Wildman–Crippen LogP) is 19.0. The van der Waals surface area contributed by atoms with E-state index < -0.39 is 12.1 Å². The van der Waals surface area contributed by atoms with Crippen LogP contribution in [0.3, 0.4) is 0 Å². The molecule has 0 aliphatic rings. The van der Waals surface area contributed by atoms with Crippen molar-refractivity contribution in [3.63, 3.8) is 0 Å². The van der Waals surface area contributed by atoms with Crippen LogP contribution in [-0.4, -0.2) is 47.4 Å². The van der Waals surface area contributed by atoms with Crippen molar-refractivity contribution in [3.8, 4) is 0 Å². The Morgan fingerprint density at radius 1 is 0.397 bits per heavy atom. The molecule has 2 atom stereocenters. The molecule has 2 unspecified atom stereocenters. The minimum atomic E-state index is -0.846.